The molecule has 0 saturated heterocycles. The quantitative estimate of drug-likeness (QED) is 0.566. The van der Waals surface area contributed by atoms with Crippen molar-refractivity contribution >= 4 is 17.7 Å². The number of hydrogen-bond donors (Lipinski definition) is 2. The molecule has 0 aliphatic heterocycles. The van der Waals surface area contributed by atoms with Gasteiger partial charge in [0.05, 0.1) is 12.1 Å². The Kier molecular flexibility index (Phi) is 8.70. The van der Waals surface area contributed by atoms with Crippen molar-refractivity contribution in [3.63, 3.8) is 0 Å². The third-order valence-electron chi connectivity index (χ3n) is 2.51. The van der Waals surface area contributed by atoms with E-state index in [1.165, 1.54) is 0 Å². The summed E-state index contributed by atoms with van der Waals surface area (Å²) in [5.41, 5.74) is 4.83. The molecule has 16 heavy (non-hydrogen) atoms. The van der Waals surface area contributed by atoms with Crippen molar-refractivity contribution in [1.82, 2.24) is 5.32 Å². The molecule has 0 aliphatic rings. The number of carbonyl (C=O) groups is 1. The number of methoxy groups -OCH3 is 1. The molecule has 1 atom stereocenters. The van der Waals surface area contributed by atoms with Gasteiger partial charge in [-0.2, -0.15) is 11.8 Å². The van der Waals surface area contributed by atoms with Crippen LogP contribution in [-0.2, 0) is 9.53 Å². The van der Waals surface area contributed by atoms with Gasteiger partial charge in [-0.3, -0.25) is 4.79 Å². The molecule has 0 aromatic carbocycles. The Labute approximate surface area is 103 Å². The molecule has 4 nitrogen and oxygen atoms in total. The highest BCUT2D eigenvalue weighted by Gasteiger charge is 2.28. The number of hydrogen-bond acceptors (Lipinski definition) is 4. The van der Waals surface area contributed by atoms with E-state index in [1.54, 1.807) is 7.11 Å². The van der Waals surface area contributed by atoms with Crippen LogP contribution in [0.5, 0.6) is 0 Å². The second-order valence-electron chi connectivity index (χ2n) is 3.94. The number of nitrogens with one attached hydrogen (secondary N) is 1. The van der Waals surface area contributed by atoms with E-state index in [1.807, 2.05) is 25.6 Å². The van der Waals surface area contributed by atoms with E-state index in [0.717, 1.165) is 37.5 Å². The van der Waals surface area contributed by atoms with Crippen molar-refractivity contribution < 1.29 is 9.53 Å². The van der Waals surface area contributed by atoms with Crippen LogP contribution in [0.15, 0.2) is 0 Å². The summed E-state index contributed by atoms with van der Waals surface area (Å²) < 4.78 is 4.96. The molecule has 0 rings (SSSR count). The van der Waals surface area contributed by atoms with Crippen LogP contribution in [0.4, 0.5) is 0 Å². The van der Waals surface area contributed by atoms with Gasteiger partial charge in [0.25, 0.3) is 0 Å². The summed E-state index contributed by atoms with van der Waals surface area (Å²) in [6, 6.07) is 0. The van der Waals surface area contributed by atoms with Crippen molar-refractivity contribution in [1.29, 1.82) is 0 Å². The average molecular weight is 248 g/mol. The highest BCUT2D eigenvalue weighted by molar-refractivity contribution is 7.99. The molecule has 3 N–H and O–H groups in total. The predicted molar refractivity (Wildman–Crippen MR) is 69.7 cm³/mol. The molecule has 0 aromatic heterocycles. The Hall–Kier alpha value is -0.260. The molecular weight excluding hydrogens is 224 g/mol. The Bertz CT molecular complexity index is 202. The SMILES string of the molecule is CCNC(C)(CCCSCCOC)C(N)=O. The lowest BCUT2D eigenvalue weighted by atomic mass is 9.95. The van der Waals surface area contributed by atoms with E-state index < -0.39 is 5.54 Å². The van der Waals surface area contributed by atoms with Gasteiger partial charge < -0.3 is 15.8 Å². The van der Waals surface area contributed by atoms with Crippen LogP contribution in [0.25, 0.3) is 0 Å². The largest absolute Gasteiger partial charge is 0.384 e. The van der Waals surface area contributed by atoms with E-state index >= 15 is 0 Å². The van der Waals surface area contributed by atoms with Crippen LogP contribution in [-0.4, -0.2) is 43.2 Å². The minimum absolute atomic E-state index is 0.267. The van der Waals surface area contributed by atoms with E-state index in [0.29, 0.717) is 0 Å². The zero-order chi connectivity index (χ0) is 12.4. The monoisotopic (exact) mass is 248 g/mol. The number of carbonyl (C=O) groups excluding carboxylic acids is 1. The Morgan fingerprint density at radius 3 is 2.69 bits per heavy atom. The fourth-order valence-electron chi connectivity index (χ4n) is 1.46. The highest BCUT2D eigenvalue weighted by Crippen LogP contribution is 2.14. The Balaban J connectivity index is 3.73. The number of primary amides is 1. The summed E-state index contributed by atoms with van der Waals surface area (Å²) in [5, 5.41) is 3.15. The smallest absolute Gasteiger partial charge is 0.237 e. The lowest BCUT2D eigenvalue weighted by Gasteiger charge is -2.26. The van der Waals surface area contributed by atoms with Crippen LogP contribution in [0.3, 0.4) is 0 Å². The maximum Gasteiger partial charge on any atom is 0.237 e. The second-order valence-corrected chi connectivity index (χ2v) is 5.16. The first-order valence-corrected chi connectivity index (χ1v) is 6.84. The zero-order valence-electron chi connectivity index (χ0n) is 10.5. The van der Waals surface area contributed by atoms with Crippen LogP contribution in [0.1, 0.15) is 26.7 Å². The van der Waals surface area contributed by atoms with Crippen LogP contribution >= 0.6 is 11.8 Å². The molecule has 0 spiro atoms. The van der Waals surface area contributed by atoms with Gasteiger partial charge in [-0.25, -0.2) is 0 Å². The second kappa shape index (κ2) is 8.84. The number of thioether (sulfide) groups is 1. The Morgan fingerprint density at radius 1 is 1.50 bits per heavy atom. The van der Waals surface area contributed by atoms with E-state index in [-0.39, 0.29) is 5.91 Å². The summed E-state index contributed by atoms with van der Waals surface area (Å²) in [5.74, 6) is 1.78. The van der Waals surface area contributed by atoms with Gasteiger partial charge in [-0.1, -0.05) is 6.92 Å². The average Bonchev–Trinajstić information content (AvgIpc) is 2.23. The predicted octanol–water partition coefficient (Wildman–Crippen LogP) is 1.000. The first kappa shape index (κ1) is 15.7. The maximum absolute atomic E-state index is 11.3. The van der Waals surface area contributed by atoms with Crippen molar-refractivity contribution in [2.45, 2.75) is 32.2 Å². The van der Waals surface area contributed by atoms with Crippen molar-refractivity contribution in [3.05, 3.63) is 0 Å². The lowest BCUT2D eigenvalue weighted by molar-refractivity contribution is -0.124. The topological polar surface area (TPSA) is 64.3 Å². The molecular formula is C11H24N2O2S. The number of nitrogens with two attached hydrogens (primary N) is 1. The fraction of sp³-hybridized carbons (Fsp3) is 0.909. The molecule has 0 aliphatic carbocycles. The van der Waals surface area contributed by atoms with Gasteiger partial charge in [0.1, 0.15) is 0 Å². The summed E-state index contributed by atoms with van der Waals surface area (Å²) >= 11 is 1.84. The molecule has 0 aromatic rings. The summed E-state index contributed by atoms with van der Waals surface area (Å²) in [4.78, 5) is 11.3. The highest BCUT2D eigenvalue weighted by atomic mass is 32.2. The van der Waals surface area contributed by atoms with Crippen LogP contribution in [0.2, 0.25) is 0 Å². The summed E-state index contributed by atoms with van der Waals surface area (Å²) in [7, 11) is 1.70. The molecule has 0 saturated carbocycles. The molecule has 0 radical (unpaired) electrons. The number of likely N-dealkylation sites (N-methyl/N-ethyl adjacent to an activating group) is 1. The lowest BCUT2D eigenvalue weighted by Crippen LogP contribution is -2.53. The minimum Gasteiger partial charge on any atom is -0.384 e. The number of rotatable bonds is 10. The van der Waals surface area contributed by atoms with Gasteiger partial charge in [-0.05, 0) is 32.1 Å². The molecule has 5 heteroatoms. The van der Waals surface area contributed by atoms with Crippen molar-refractivity contribution in [2.75, 3.05) is 31.8 Å². The van der Waals surface area contributed by atoms with E-state index in [4.69, 9.17) is 10.5 Å². The van der Waals surface area contributed by atoms with Gasteiger partial charge in [-0.15, -0.1) is 0 Å². The molecule has 96 valence electrons. The van der Waals surface area contributed by atoms with Gasteiger partial charge in [0.2, 0.25) is 5.91 Å². The van der Waals surface area contributed by atoms with Crippen LogP contribution in [0, 0.1) is 0 Å². The zero-order valence-corrected chi connectivity index (χ0v) is 11.4. The van der Waals surface area contributed by atoms with Crippen molar-refractivity contribution in [3.8, 4) is 0 Å². The number of amides is 1. The first-order valence-electron chi connectivity index (χ1n) is 5.68. The van der Waals surface area contributed by atoms with Gasteiger partial charge in [0, 0.05) is 12.9 Å². The van der Waals surface area contributed by atoms with Crippen LogP contribution < -0.4 is 11.1 Å². The molecule has 1 unspecified atom stereocenters. The third-order valence-corrected chi connectivity index (χ3v) is 3.54. The third kappa shape index (κ3) is 6.35. The van der Waals surface area contributed by atoms with Gasteiger partial charge in [0.15, 0.2) is 0 Å². The molecule has 0 heterocycles. The molecule has 0 fully saturated rings. The van der Waals surface area contributed by atoms with Crippen molar-refractivity contribution in [2.24, 2.45) is 5.73 Å². The standard InChI is InChI=1S/C11H24N2O2S/c1-4-13-11(2,10(12)14)6-5-8-16-9-7-15-3/h13H,4-9H2,1-3H3,(H2,12,14). The van der Waals surface area contributed by atoms with E-state index in [9.17, 15) is 4.79 Å². The normalized spacial score (nSPS) is 14.7. The summed E-state index contributed by atoms with van der Waals surface area (Å²) in [6.45, 7) is 5.40. The molecule has 0 bridgehead atoms. The summed E-state index contributed by atoms with van der Waals surface area (Å²) in [6.07, 6.45) is 1.77. The minimum atomic E-state index is -0.559. The Morgan fingerprint density at radius 2 is 2.19 bits per heavy atom. The first-order chi connectivity index (χ1) is 7.56. The van der Waals surface area contributed by atoms with E-state index in [2.05, 4.69) is 5.32 Å². The number of ether oxygens (including phenoxy) is 1. The van der Waals surface area contributed by atoms with Gasteiger partial charge >= 0.3 is 0 Å². The fourth-order valence-corrected chi connectivity index (χ4v) is 2.30. The molecule has 1 amide bonds. The maximum atomic E-state index is 11.3.